The number of hydrogen-bond donors (Lipinski definition) is 3. The van der Waals surface area contributed by atoms with Gasteiger partial charge in [-0.15, -0.1) is 10.2 Å². The van der Waals surface area contributed by atoms with Gasteiger partial charge in [0.1, 0.15) is 34.2 Å². The van der Waals surface area contributed by atoms with Crippen LogP contribution in [-0.2, 0) is 6.18 Å². The van der Waals surface area contributed by atoms with E-state index >= 15 is 0 Å². The summed E-state index contributed by atoms with van der Waals surface area (Å²) < 4.78 is 56.6. The minimum absolute atomic E-state index is 0.00533. The van der Waals surface area contributed by atoms with Crippen LogP contribution in [0.1, 0.15) is 5.69 Å². The van der Waals surface area contributed by atoms with E-state index in [4.69, 9.17) is 47.6 Å². The third-order valence-electron chi connectivity index (χ3n) is 9.03. The molecule has 0 saturated heterocycles. The molecule has 0 bridgehead atoms. The van der Waals surface area contributed by atoms with Crippen molar-refractivity contribution in [3.63, 3.8) is 0 Å². The van der Waals surface area contributed by atoms with E-state index in [1.54, 1.807) is 48.5 Å². The second kappa shape index (κ2) is 12.9. The van der Waals surface area contributed by atoms with Crippen molar-refractivity contribution in [2.45, 2.75) is 6.18 Å². The topological polar surface area (TPSA) is 211 Å². The minimum atomic E-state index is -4.82. The number of aromatic nitrogens is 12. The summed E-state index contributed by atoms with van der Waals surface area (Å²) in [4.78, 5) is 22.3. The second-order valence-electron chi connectivity index (χ2n) is 12.2. The molecule has 56 heavy (non-hydrogen) atoms. The molecule has 6 heterocycles. The van der Waals surface area contributed by atoms with Gasteiger partial charge >= 0.3 is 6.18 Å². The van der Waals surface area contributed by atoms with Crippen molar-refractivity contribution in [2.75, 3.05) is 25.7 Å². The highest BCUT2D eigenvalue weighted by atomic mass is 35.5. The van der Waals surface area contributed by atoms with Crippen molar-refractivity contribution < 1.29 is 22.6 Å². The van der Waals surface area contributed by atoms with Gasteiger partial charge in [0, 0.05) is 11.1 Å². The Morgan fingerprint density at radius 3 is 2.27 bits per heavy atom. The number of fused-ring (bicyclic) bond motifs is 3. The molecule has 0 amide bonds. The molecule has 278 valence electrons. The van der Waals surface area contributed by atoms with Crippen molar-refractivity contribution in [1.29, 1.82) is 0 Å². The smallest absolute Gasteiger partial charge is 0.433 e. The maximum Gasteiger partial charge on any atom is 0.433 e. The number of alkyl halides is 3. The first-order valence-corrected chi connectivity index (χ1v) is 16.8. The van der Waals surface area contributed by atoms with E-state index in [-0.39, 0.29) is 45.9 Å². The summed E-state index contributed by atoms with van der Waals surface area (Å²) in [5.41, 5.74) is 16.8. The molecular weight excluding hydrogens is 753 g/mol. The minimum Gasteiger partial charge on any atom is -0.496 e. The van der Waals surface area contributed by atoms with Crippen LogP contribution in [0.2, 0.25) is 5.15 Å². The molecule has 0 fully saturated rings. The van der Waals surface area contributed by atoms with E-state index < -0.39 is 17.0 Å². The van der Waals surface area contributed by atoms with E-state index in [2.05, 4.69) is 35.5 Å². The molecule has 0 aliphatic carbocycles. The molecule has 3 aromatic carbocycles. The van der Waals surface area contributed by atoms with Crippen LogP contribution in [-0.4, -0.2) is 73.8 Å². The summed E-state index contributed by atoms with van der Waals surface area (Å²) in [6, 6.07) is 19.8. The summed E-state index contributed by atoms with van der Waals surface area (Å²) in [6.45, 7) is 0. The number of benzene rings is 3. The van der Waals surface area contributed by atoms with Gasteiger partial charge in [0.25, 0.3) is 0 Å². The number of nitrogens with zero attached hydrogens (tertiary/aromatic N) is 11. The quantitative estimate of drug-likeness (QED) is 0.149. The molecule has 0 atom stereocenters. The zero-order valence-electron chi connectivity index (χ0n) is 28.9. The zero-order valence-corrected chi connectivity index (χ0v) is 29.7. The van der Waals surface area contributed by atoms with E-state index in [0.717, 1.165) is 6.07 Å². The van der Waals surface area contributed by atoms with Gasteiger partial charge < -0.3 is 20.9 Å². The van der Waals surface area contributed by atoms with E-state index in [1.807, 2.05) is 12.1 Å². The number of methoxy groups -OCH3 is 2. The monoisotopic (exact) mass is 776 g/mol. The van der Waals surface area contributed by atoms with Crippen molar-refractivity contribution in [1.82, 2.24) is 59.6 Å². The van der Waals surface area contributed by atoms with Crippen LogP contribution in [0.25, 0.3) is 78.5 Å². The first-order chi connectivity index (χ1) is 27.0. The molecule has 5 N–H and O–H groups in total. The maximum absolute atomic E-state index is 14.1. The summed E-state index contributed by atoms with van der Waals surface area (Å²) in [5, 5.41) is 19.4. The van der Waals surface area contributed by atoms with Gasteiger partial charge in [0.15, 0.2) is 17.1 Å². The molecule has 16 nitrogen and oxygen atoms in total. The van der Waals surface area contributed by atoms with Crippen LogP contribution in [0, 0.1) is 0 Å². The number of pyridine rings is 1. The molecule has 9 rings (SSSR count). The second-order valence-corrected chi connectivity index (χ2v) is 12.6. The number of para-hydroxylation sites is 2. The normalized spacial score (nSPS) is 11.9. The van der Waals surface area contributed by atoms with Gasteiger partial charge in [-0.3, -0.25) is 5.10 Å². The Morgan fingerprint density at radius 1 is 0.750 bits per heavy atom. The Balaban J connectivity index is 1.30. The molecule has 0 saturated carbocycles. The maximum atomic E-state index is 14.1. The van der Waals surface area contributed by atoms with Gasteiger partial charge in [0.2, 0.25) is 11.9 Å². The molecule has 0 radical (unpaired) electrons. The van der Waals surface area contributed by atoms with E-state index in [0.29, 0.717) is 55.9 Å². The van der Waals surface area contributed by atoms with Crippen LogP contribution in [0.15, 0.2) is 79.1 Å². The van der Waals surface area contributed by atoms with Gasteiger partial charge in [0.05, 0.1) is 47.8 Å². The predicted octanol–water partition coefficient (Wildman–Crippen LogP) is 6.42. The van der Waals surface area contributed by atoms with Gasteiger partial charge in [-0.1, -0.05) is 41.1 Å². The number of anilines is 2. The molecule has 0 aliphatic heterocycles. The number of aromatic amines is 1. The molecule has 0 aliphatic rings. The van der Waals surface area contributed by atoms with Gasteiger partial charge in [-0.2, -0.15) is 27.3 Å². The van der Waals surface area contributed by atoms with Gasteiger partial charge in [-0.25, -0.2) is 24.9 Å². The standard InChI is InChI=1S/C36H24ClF3N14O2/c1-55-23-9-4-3-6-18(23)28-27(17-13-24(36(38,39)40)45-25(37)14-17)33-48-31(51-54(33)35(42)46-28)20-8-5-7-19(30(20)56-2)29-26(32-43-15-44-53(32)34(41)47-29)16-10-11-21-22(12-16)50-52-49-21/h3-15H,1-2H3,(H2,41,47)(H2,42,46)(H,49,50,52). The number of halogens is 4. The van der Waals surface area contributed by atoms with Crippen LogP contribution >= 0.6 is 11.6 Å². The van der Waals surface area contributed by atoms with Crippen molar-refractivity contribution >= 4 is 45.8 Å². The van der Waals surface area contributed by atoms with Gasteiger partial charge in [-0.05, 0) is 59.7 Å². The molecule has 6 aromatic heterocycles. The Bertz CT molecular complexity index is 3020. The van der Waals surface area contributed by atoms with E-state index in [1.165, 1.54) is 35.6 Å². The fraction of sp³-hybridized carbons (Fsp3) is 0.0833. The number of ether oxygens (including phenoxy) is 2. The highest BCUT2D eigenvalue weighted by Gasteiger charge is 2.34. The number of nitrogen functional groups attached to an aromatic ring is 2. The number of nitrogens with one attached hydrogen (secondary N) is 1. The summed E-state index contributed by atoms with van der Waals surface area (Å²) in [6.07, 6.45) is -3.45. The third-order valence-corrected chi connectivity index (χ3v) is 9.22. The number of nitrogens with two attached hydrogens (primary N) is 2. The van der Waals surface area contributed by atoms with Crippen molar-refractivity contribution in [3.05, 3.63) is 90.0 Å². The van der Waals surface area contributed by atoms with Crippen LogP contribution in [0.3, 0.4) is 0 Å². The first-order valence-electron chi connectivity index (χ1n) is 16.5. The lowest BCUT2D eigenvalue weighted by molar-refractivity contribution is -0.141. The Kier molecular flexibility index (Phi) is 7.90. The average Bonchev–Trinajstić information content (AvgIpc) is 3.97. The summed E-state index contributed by atoms with van der Waals surface area (Å²) in [5.74, 6) is 0.697. The predicted molar refractivity (Wildman–Crippen MR) is 199 cm³/mol. The number of hydrogen-bond acceptors (Lipinski definition) is 13. The lowest BCUT2D eigenvalue weighted by atomic mass is 9.97. The molecule has 9 aromatic rings. The zero-order chi connectivity index (χ0) is 38.9. The van der Waals surface area contributed by atoms with Crippen LogP contribution in [0.5, 0.6) is 11.5 Å². The van der Waals surface area contributed by atoms with Crippen LogP contribution in [0.4, 0.5) is 25.1 Å². The third kappa shape index (κ3) is 5.51. The Labute approximate surface area is 316 Å². The van der Waals surface area contributed by atoms with Crippen molar-refractivity contribution in [2.24, 2.45) is 0 Å². The molecule has 20 heteroatoms. The molecule has 0 spiro atoms. The Hall–Kier alpha value is -7.41. The molecular formula is C36H24ClF3N14O2. The lowest BCUT2D eigenvalue weighted by Gasteiger charge is -2.16. The highest BCUT2D eigenvalue weighted by Crippen LogP contribution is 2.45. The fourth-order valence-electron chi connectivity index (χ4n) is 6.64. The molecule has 0 unspecified atom stereocenters. The lowest BCUT2D eigenvalue weighted by Crippen LogP contribution is -2.09. The van der Waals surface area contributed by atoms with Crippen LogP contribution < -0.4 is 20.9 Å². The summed E-state index contributed by atoms with van der Waals surface area (Å²) >= 11 is 6.21. The fourth-order valence-corrected chi connectivity index (χ4v) is 6.85. The SMILES string of the molecule is COc1ccccc1-c1nc(N)n2nc(-c3cccc(-c4nc(N)n5ncnc5c4-c4ccc5nn[nH]c5c4)c3OC)nc2c1-c1cc(Cl)nc(C(F)(F)F)c1. The Morgan fingerprint density at radius 2 is 1.48 bits per heavy atom. The van der Waals surface area contributed by atoms with Crippen molar-refractivity contribution in [3.8, 4) is 67.7 Å². The number of rotatable bonds is 7. The van der Waals surface area contributed by atoms with E-state index in [9.17, 15) is 13.2 Å². The number of H-pyrrole nitrogens is 1. The average molecular weight is 777 g/mol. The summed E-state index contributed by atoms with van der Waals surface area (Å²) in [7, 11) is 2.93. The first kappa shape index (κ1) is 34.4. The highest BCUT2D eigenvalue weighted by molar-refractivity contribution is 6.29. The largest absolute Gasteiger partial charge is 0.496 e.